The van der Waals surface area contributed by atoms with E-state index >= 15 is 0 Å². The van der Waals surface area contributed by atoms with Gasteiger partial charge in [-0.1, -0.05) is 326 Å². The van der Waals surface area contributed by atoms with Crippen molar-refractivity contribution in [3.63, 3.8) is 0 Å². The number of unbranched alkanes of at least 4 members (excludes halogenated alkanes) is 35. The van der Waals surface area contributed by atoms with Gasteiger partial charge in [0.1, 0.15) is 0 Å². The second-order valence-corrected chi connectivity index (χ2v) is 17.0. The molecule has 0 radical (unpaired) electrons. The van der Waals surface area contributed by atoms with E-state index in [9.17, 15) is 0 Å². The summed E-state index contributed by atoms with van der Waals surface area (Å²) in [4.78, 5) is 0. The third-order valence-electron chi connectivity index (χ3n) is 9.79. The van der Waals surface area contributed by atoms with E-state index in [1.54, 1.807) is 0 Å². The minimum atomic E-state index is -4.67. The molecular weight excluding hydrogens is 720 g/mol. The van der Waals surface area contributed by atoms with Gasteiger partial charge in [0.05, 0.1) is 0 Å². The summed E-state index contributed by atoms with van der Waals surface area (Å²) in [6.07, 6.45) is 57.3. The Bertz CT molecular complexity index is 504. The SMILES string of the molecule is CCCCCCCCCC.CCCCCCCCCC.CCCCCCCCCC.CCCCCCCCCC.CCCCCCCCCC.O=S(=O)(O)O.[NaH]. The molecule has 2 N–H and O–H groups in total. The molecule has 0 bridgehead atoms. The predicted molar refractivity (Wildman–Crippen MR) is 263 cm³/mol. The first-order valence-electron chi connectivity index (χ1n) is 25.3. The Morgan fingerprint density at radius 2 is 0.268 bits per heavy atom. The van der Waals surface area contributed by atoms with Crippen molar-refractivity contribution in [3.05, 3.63) is 0 Å². The van der Waals surface area contributed by atoms with E-state index in [0.717, 1.165) is 0 Å². The Labute approximate surface area is 381 Å². The summed E-state index contributed by atoms with van der Waals surface area (Å²) in [5, 5.41) is 0. The summed E-state index contributed by atoms with van der Waals surface area (Å²) in [5.74, 6) is 0. The maximum atomic E-state index is 8.74. The molecule has 0 aliphatic heterocycles. The minimum absolute atomic E-state index is 0. The van der Waals surface area contributed by atoms with Gasteiger partial charge in [0.2, 0.25) is 0 Å². The number of hydrogen-bond acceptors (Lipinski definition) is 2. The molecule has 0 saturated carbocycles. The van der Waals surface area contributed by atoms with Crippen molar-refractivity contribution < 1.29 is 17.5 Å². The van der Waals surface area contributed by atoms with Gasteiger partial charge < -0.3 is 0 Å². The zero-order valence-electron chi connectivity index (χ0n) is 40.4. The van der Waals surface area contributed by atoms with Crippen molar-refractivity contribution >= 4 is 40.0 Å². The first-order valence-corrected chi connectivity index (χ1v) is 26.7. The van der Waals surface area contributed by atoms with Crippen LogP contribution in [0, 0.1) is 0 Å². The second-order valence-electron chi connectivity index (χ2n) is 16.1. The molecular formula is C50H113NaO4S. The molecule has 0 rings (SSSR count). The number of rotatable bonds is 35. The summed E-state index contributed by atoms with van der Waals surface area (Å²) >= 11 is 0. The standard InChI is InChI=1S/5C10H22.Na.H2O4S.H/c5*1-3-5-7-9-10-8-6-4-2;;1-5(2,3)4;/h5*3-10H2,1-2H3;;(H2,1,2,3,4);. The van der Waals surface area contributed by atoms with Crippen LogP contribution < -0.4 is 0 Å². The molecule has 0 aromatic rings. The molecule has 0 amide bonds. The van der Waals surface area contributed by atoms with Crippen LogP contribution in [0.2, 0.25) is 0 Å². The van der Waals surface area contributed by atoms with E-state index in [1.165, 1.54) is 257 Å². The summed E-state index contributed by atoms with van der Waals surface area (Å²) in [7, 11) is -4.67. The predicted octanol–water partition coefficient (Wildman–Crippen LogP) is 19.4. The van der Waals surface area contributed by atoms with Gasteiger partial charge in [-0.3, -0.25) is 9.11 Å². The summed E-state index contributed by atoms with van der Waals surface area (Å²) in [6.45, 7) is 22.7. The van der Waals surface area contributed by atoms with Crippen LogP contribution in [0.4, 0.5) is 0 Å². The first kappa shape index (κ1) is 71.4. The van der Waals surface area contributed by atoms with Gasteiger partial charge in [-0.05, 0) is 0 Å². The Kier molecular flexibility index (Phi) is 97.6. The molecule has 0 aromatic heterocycles. The van der Waals surface area contributed by atoms with Crippen molar-refractivity contribution in [3.8, 4) is 0 Å². The van der Waals surface area contributed by atoms with Crippen LogP contribution in [-0.2, 0) is 10.4 Å². The molecule has 0 atom stereocenters. The summed E-state index contributed by atoms with van der Waals surface area (Å²) < 4.78 is 31.6. The zero-order chi connectivity index (χ0) is 42.8. The molecule has 0 saturated heterocycles. The van der Waals surface area contributed by atoms with Crippen LogP contribution in [0.25, 0.3) is 0 Å². The molecule has 0 heterocycles. The molecule has 0 aromatic carbocycles. The first-order chi connectivity index (χ1) is 26.6. The molecule has 0 aliphatic rings. The maximum absolute atomic E-state index is 8.74. The van der Waals surface area contributed by atoms with E-state index < -0.39 is 10.4 Å². The molecule has 0 unspecified atom stereocenters. The third kappa shape index (κ3) is 124. The Hall–Kier alpha value is 0.870. The topological polar surface area (TPSA) is 74.6 Å². The third-order valence-corrected chi connectivity index (χ3v) is 9.79. The van der Waals surface area contributed by atoms with Crippen LogP contribution in [0.3, 0.4) is 0 Å². The van der Waals surface area contributed by atoms with E-state index in [-0.39, 0.29) is 29.6 Å². The molecule has 344 valence electrons. The molecule has 4 nitrogen and oxygen atoms in total. The quantitative estimate of drug-likeness (QED) is 0.0379. The van der Waals surface area contributed by atoms with E-state index in [0.29, 0.717) is 0 Å². The average molecular weight is 834 g/mol. The van der Waals surface area contributed by atoms with E-state index in [1.807, 2.05) is 0 Å². The molecule has 0 spiro atoms. The van der Waals surface area contributed by atoms with Gasteiger partial charge in [0.25, 0.3) is 0 Å². The fourth-order valence-electron chi connectivity index (χ4n) is 6.04. The monoisotopic (exact) mass is 833 g/mol. The van der Waals surface area contributed by atoms with Gasteiger partial charge in [-0.2, -0.15) is 8.42 Å². The van der Waals surface area contributed by atoms with Gasteiger partial charge in [-0.15, -0.1) is 0 Å². The number of hydrogen-bond donors (Lipinski definition) is 2. The molecule has 56 heavy (non-hydrogen) atoms. The van der Waals surface area contributed by atoms with Gasteiger partial charge in [-0.25, -0.2) is 0 Å². The second kappa shape index (κ2) is 76.6. The van der Waals surface area contributed by atoms with Gasteiger partial charge in [0, 0.05) is 0 Å². The zero-order valence-corrected chi connectivity index (χ0v) is 41.2. The Balaban J connectivity index is -0.000000104. The van der Waals surface area contributed by atoms with Crippen molar-refractivity contribution in [2.75, 3.05) is 0 Å². The van der Waals surface area contributed by atoms with Crippen molar-refractivity contribution in [1.82, 2.24) is 0 Å². The van der Waals surface area contributed by atoms with Gasteiger partial charge in [0.15, 0.2) is 0 Å². The van der Waals surface area contributed by atoms with E-state index in [2.05, 4.69) is 69.2 Å². The van der Waals surface area contributed by atoms with Crippen molar-refractivity contribution in [2.45, 2.75) is 326 Å². The Morgan fingerprint density at radius 3 is 0.321 bits per heavy atom. The van der Waals surface area contributed by atoms with Crippen LogP contribution >= 0.6 is 0 Å². The van der Waals surface area contributed by atoms with Crippen LogP contribution in [0.5, 0.6) is 0 Å². The molecule has 0 aliphatic carbocycles. The molecule has 0 fully saturated rings. The molecule has 6 heteroatoms. The summed E-state index contributed by atoms with van der Waals surface area (Å²) in [5.41, 5.74) is 0. The van der Waals surface area contributed by atoms with Crippen LogP contribution in [0.1, 0.15) is 326 Å². The fourth-order valence-corrected chi connectivity index (χ4v) is 6.04. The average Bonchev–Trinajstić information content (AvgIpc) is 3.16. The van der Waals surface area contributed by atoms with Gasteiger partial charge >= 0.3 is 40.0 Å². The fraction of sp³-hybridized carbons (Fsp3) is 1.00. The Morgan fingerprint density at radius 1 is 0.214 bits per heavy atom. The van der Waals surface area contributed by atoms with Crippen LogP contribution in [0.15, 0.2) is 0 Å². The van der Waals surface area contributed by atoms with Crippen LogP contribution in [-0.4, -0.2) is 47.1 Å². The normalized spacial score (nSPS) is 10.1. The van der Waals surface area contributed by atoms with Crippen molar-refractivity contribution in [2.24, 2.45) is 0 Å². The summed E-state index contributed by atoms with van der Waals surface area (Å²) in [6, 6.07) is 0. The van der Waals surface area contributed by atoms with E-state index in [4.69, 9.17) is 17.5 Å². The van der Waals surface area contributed by atoms with Crippen molar-refractivity contribution in [1.29, 1.82) is 0 Å².